The summed E-state index contributed by atoms with van der Waals surface area (Å²) in [7, 11) is 0. The standard InChI is InChI=1S/C23H34N2O4/c1-4-23(2,3)20(26)21(27)24-16-10-11-17-25(24)22(28)29-18-12-6-9-15-19-13-7-5-8-14-19/h5,7-8,13-14H,4,6,9-12,15-18H2,1-3H3. The van der Waals surface area contributed by atoms with Crippen LogP contribution in [0.25, 0.3) is 0 Å². The van der Waals surface area contributed by atoms with E-state index < -0.39 is 23.2 Å². The fraction of sp³-hybridized carbons (Fsp3) is 0.609. The Morgan fingerprint density at radius 2 is 1.62 bits per heavy atom. The number of amides is 2. The van der Waals surface area contributed by atoms with Gasteiger partial charge in [-0.2, -0.15) is 0 Å². The van der Waals surface area contributed by atoms with Crippen molar-refractivity contribution in [3.63, 3.8) is 0 Å². The van der Waals surface area contributed by atoms with Crippen LogP contribution >= 0.6 is 0 Å². The highest BCUT2D eigenvalue weighted by Crippen LogP contribution is 2.24. The van der Waals surface area contributed by atoms with Gasteiger partial charge >= 0.3 is 12.0 Å². The molecule has 0 unspecified atom stereocenters. The number of rotatable bonds is 9. The lowest BCUT2D eigenvalue weighted by molar-refractivity contribution is -0.161. The number of benzene rings is 1. The molecule has 1 saturated heterocycles. The van der Waals surface area contributed by atoms with Crippen LogP contribution in [0.5, 0.6) is 0 Å². The van der Waals surface area contributed by atoms with Crippen molar-refractivity contribution in [2.75, 3.05) is 19.7 Å². The third-order valence-electron chi connectivity index (χ3n) is 5.60. The van der Waals surface area contributed by atoms with Crippen LogP contribution in [0.15, 0.2) is 30.3 Å². The smallest absolute Gasteiger partial charge is 0.428 e. The maximum Gasteiger partial charge on any atom is 0.428 e. The maximum atomic E-state index is 12.7. The first kappa shape index (κ1) is 22.9. The average molecular weight is 403 g/mol. The third kappa shape index (κ3) is 6.58. The molecule has 29 heavy (non-hydrogen) atoms. The van der Waals surface area contributed by atoms with Crippen molar-refractivity contribution in [1.29, 1.82) is 0 Å². The molecule has 6 nitrogen and oxygen atoms in total. The molecule has 1 aliphatic heterocycles. The Morgan fingerprint density at radius 3 is 2.28 bits per heavy atom. The summed E-state index contributed by atoms with van der Waals surface area (Å²) in [6.07, 6.45) is 5.39. The SMILES string of the molecule is CCC(C)(C)C(=O)C(=O)N1CCCCN1C(=O)OCCCCCc1ccccc1. The zero-order valence-corrected chi connectivity index (χ0v) is 18.0. The molecule has 6 heteroatoms. The molecule has 1 aromatic rings. The molecule has 2 rings (SSSR count). The Bertz CT molecular complexity index is 687. The number of aryl methyl sites for hydroxylation is 1. The van der Waals surface area contributed by atoms with E-state index in [0.29, 0.717) is 26.1 Å². The summed E-state index contributed by atoms with van der Waals surface area (Å²) in [6.45, 7) is 6.49. The molecule has 0 saturated carbocycles. The minimum atomic E-state index is -0.733. The molecule has 0 aliphatic carbocycles. The van der Waals surface area contributed by atoms with E-state index in [1.165, 1.54) is 15.6 Å². The van der Waals surface area contributed by atoms with Crippen LogP contribution in [0.3, 0.4) is 0 Å². The van der Waals surface area contributed by atoms with Crippen LogP contribution in [0.2, 0.25) is 0 Å². The topological polar surface area (TPSA) is 66.9 Å². The second-order valence-electron chi connectivity index (χ2n) is 8.24. The van der Waals surface area contributed by atoms with Crippen molar-refractivity contribution in [1.82, 2.24) is 10.0 Å². The molecule has 0 aromatic heterocycles. The van der Waals surface area contributed by atoms with Crippen LogP contribution in [-0.4, -0.2) is 47.5 Å². The van der Waals surface area contributed by atoms with Crippen molar-refractivity contribution >= 4 is 17.8 Å². The number of carbonyl (C=O) groups excluding carboxylic acids is 3. The van der Waals surface area contributed by atoms with Gasteiger partial charge in [0.1, 0.15) is 0 Å². The van der Waals surface area contributed by atoms with Crippen molar-refractivity contribution in [3.8, 4) is 0 Å². The van der Waals surface area contributed by atoms with Crippen molar-refractivity contribution in [2.45, 2.75) is 65.7 Å². The summed E-state index contributed by atoms with van der Waals surface area (Å²) in [5, 5.41) is 2.58. The predicted octanol–water partition coefficient (Wildman–Crippen LogP) is 4.38. The highest BCUT2D eigenvalue weighted by atomic mass is 16.6. The van der Waals surface area contributed by atoms with E-state index in [0.717, 1.165) is 38.5 Å². The van der Waals surface area contributed by atoms with Gasteiger partial charge in [0.05, 0.1) is 6.61 Å². The van der Waals surface area contributed by atoms with Gasteiger partial charge in [-0.15, -0.1) is 0 Å². The number of ketones is 1. The summed E-state index contributed by atoms with van der Waals surface area (Å²) in [5.41, 5.74) is 0.578. The van der Waals surface area contributed by atoms with Crippen LogP contribution in [-0.2, 0) is 20.7 Å². The van der Waals surface area contributed by atoms with E-state index in [2.05, 4.69) is 12.1 Å². The molecule has 1 aliphatic rings. The van der Waals surface area contributed by atoms with Gasteiger partial charge in [0, 0.05) is 18.5 Å². The molecule has 160 valence electrons. The monoisotopic (exact) mass is 402 g/mol. The number of nitrogens with zero attached hydrogens (tertiary/aromatic N) is 2. The van der Waals surface area contributed by atoms with Crippen molar-refractivity contribution in [3.05, 3.63) is 35.9 Å². The summed E-state index contributed by atoms with van der Waals surface area (Å²) in [6, 6.07) is 10.3. The van der Waals surface area contributed by atoms with E-state index in [1.807, 2.05) is 25.1 Å². The minimum Gasteiger partial charge on any atom is -0.448 e. The molecule has 0 spiro atoms. The molecule has 1 fully saturated rings. The molecular weight excluding hydrogens is 368 g/mol. The fourth-order valence-corrected chi connectivity index (χ4v) is 3.22. The number of hydrogen-bond donors (Lipinski definition) is 0. The minimum absolute atomic E-state index is 0.320. The summed E-state index contributed by atoms with van der Waals surface area (Å²) >= 11 is 0. The highest BCUT2D eigenvalue weighted by molar-refractivity contribution is 6.37. The predicted molar refractivity (Wildman–Crippen MR) is 112 cm³/mol. The molecule has 2 amide bonds. The number of hydrogen-bond acceptors (Lipinski definition) is 4. The van der Waals surface area contributed by atoms with Crippen LogP contribution < -0.4 is 0 Å². The van der Waals surface area contributed by atoms with E-state index in [4.69, 9.17) is 4.74 Å². The first-order valence-electron chi connectivity index (χ1n) is 10.7. The number of hydrazine groups is 1. The molecule has 0 radical (unpaired) electrons. The van der Waals surface area contributed by atoms with Crippen molar-refractivity contribution < 1.29 is 19.1 Å². The zero-order valence-electron chi connectivity index (χ0n) is 18.0. The summed E-state index contributed by atoms with van der Waals surface area (Å²) < 4.78 is 5.39. The highest BCUT2D eigenvalue weighted by Gasteiger charge is 2.39. The zero-order chi connectivity index (χ0) is 21.3. The van der Waals surface area contributed by atoms with Crippen LogP contribution in [0.4, 0.5) is 4.79 Å². The molecular formula is C23H34N2O4. The quantitative estimate of drug-likeness (QED) is 0.454. The largest absolute Gasteiger partial charge is 0.448 e. The number of unbranched alkanes of at least 4 members (excludes halogenated alkanes) is 2. The first-order valence-corrected chi connectivity index (χ1v) is 10.7. The first-order chi connectivity index (χ1) is 13.9. The third-order valence-corrected chi connectivity index (χ3v) is 5.60. The van der Waals surface area contributed by atoms with Gasteiger partial charge in [0.2, 0.25) is 5.78 Å². The summed E-state index contributed by atoms with van der Waals surface area (Å²) in [4.78, 5) is 37.7. The van der Waals surface area contributed by atoms with E-state index >= 15 is 0 Å². The number of Topliss-reactive ketones (excluding diaryl/α,β-unsaturated/α-hetero) is 1. The lowest BCUT2D eigenvalue weighted by Crippen LogP contribution is -2.56. The van der Waals surface area contributed by atoms with E-state index in [1.54, 1.807) is 13.8 Å². The Labute approximate surface area is 174 Å². The van der Waals surface area contributed by atoms with Gasteiger partial charge in [-0.05, 0) is 50.5 Å². The Morgan fingerprint density at radius 1 is 0.966 bits per heavy atom. The van der Waals surface area contributed by atoms with Crippen molar-refractivity contribution in [2.24, 2.45) is 5.41 Å². The maximum absolute atomic E-state index is 12.7. The molecule has 0 bridgehead atoms. The normalized spacial score (nSPS) is 14.6. The van der Waals surface area contributed by atoms with Crippen LogP contribution in [0.1, 0.15) is 64.9 Å². The van der Waals surface area contributed by atoms with E-state index in [9.17, 15) is 14.4 Å². The summed E-state index contributed by atoms with van der Waals surface area (Å²) in [5.74, 6) is -1.07. The molecule has 1 heterocycles. The Kier molecular flexibility index (Phi) is 8.68. The second-order valence-corrected chi connectivity index (χ2v) is 8.24. The van der Waals surface area contributed by atoms with Gasteiger partial charge < -0.3 is 4.74 Å². The lowest BCUT2D eigenvalue weighted by atomic mass is 9.85. The van der Waals surface area contributed by atoms with Crippen LogP contribution in [0, 0.1) is 5.41 Å². The molecule has 0 N–H and O–H groups in total. The molecule has 0 atom stereocenters. The fourth-order valence-electron chi connectivity index (χ4n) is 3.22. The number of ether oxygens (including phenoxy) is 1. The Balaban J connectivity index is 1.78. The van der Waals surface area contributed by atoms with Gasteiger partial charge in [-0.25, -0.2) is 14.8 Å². The van der Waals surface area contributed by atoms with Gasteiger partial charge in [0.15, 0.2) is 0 Å². The lowest BCUT2D eigenvalue weighted by Gasteiger charge is -2.38. The van der Waals surface area contributed by atoms with Gasteiger partial charge in [-0.3, -0.25) is 9.59 Å². The van der Waals surface area contributed by atoms with E-state index in [-0.39, 0.29) is 0 Å². The number of carbonyl (C=O) groups is 3. The average Bonchev–Trinajstić information content (AvgIpc) is 2.75. The van der Waals surface area contributed by atoms with Gasteiger partial charge in [-0.1, -0.05) is 51.1 Å². The van der Waals surface area contributed by atoms with Gasteiger partial charge in [0.25, 0.3) is 0 Å². The molecule has 1 aromatic carbocycles. The second kappa shape index (κ2) is 11.0. The Hall–Kier alpha value is -2.37.